The van der Waals surface area contributed by atoms with E-state index in [2.05, 4.69) is 5.10 Å². The van der Waals surface area contributed by atoms with Crippen molar-refractivity contribution < 1.29 is 14.2 Å². The lowest BCUT2D eigenvalue weighted by Crippen LogP contribution is -2.21. The second-order valence-corrected chi connectivity index (χ2v) is 4.85. The Morgan fingerprint density at radius 3 is 2.22 bits per heavy atom. The van der Waals surface area contributed by atoms with Gasteiger partial charge in [-0.25, -0.2) is 0 Å². The van der Waals surface area contributed by atoms with Crippen LogP contribution in [-0.2, 0) is 0 Å². The van der Waals surface area contributed by atoms with E-state index >= 15 is 0 Å². The summed E-state index contributed by atoms with van der Waals surface area (Å²) in [5, 5.41) is 5.36. The molecule has 2 aromatic carbocycles. The summed E-state index contributed by atoms with van der Waals surface area (Å²) in [4.78, 5) is 12.8. The third kappa shape index (κ3) is 2.59. The summed E-state index contributed by atoms with van der Waals surface area (Å²) >= 11 is 0. The van der Waals surface area contributed by atoms with Crippen molar-refractivity contribution in [3.05, 3.63) is 52.9 Å². The van der Waals surface area contributed by atoms with Gasteiger partial charge < -0.3 is 14.2 Å². The highest BCUT2D eigenvalue weighted by atomic mass is 16.5. The summed E-state index contributed by atoms with van der Waals surface area (Å²) in [6.45, 7) is 0. The lowest BCUT2D eigenvalue weighted by Gasteiger charge is -2.11. The van der Waals surface area contributed by atoms with Crippen LogP contribution in [0.2, 0.25) is 0 Å². The van der Waals surface area contributed by atoms with Gasteiger partial charge in [0.1, 0.15) is 17.2 Å². The molecule has 6 nitrogen and oxygen atoms in total. The molecule has 1 heterocycles. The maximum Gasteiger partial charge on any atom is 0.283 e. The van der Waals surface area contributed by atoms with Crippen molar-refractivity contribution in [3.8, 4) is 22.9 Å². The van der Waals surface area contributed by atoms with Gasteiger partial charge in [-0.05, 0) is 30.3 Å². The van der Waals surface area contributed by atoms with Crippen LogP contribution in [0.4, 0.5) is 0 Å². The monoisotopic (exact) mass is 312 g/mol. The van der Waals surface area contributed by atoms with Gasteiger partial charge in [-0.3, -0.25) is 4.79 Å². The molecule has 3 rings (SSSR count). The average Bonchev–Trinajstić information content (AvgIpc) is 2.61. The topological polar surface area (TPSA) is 62.6 Å². The Morgan fingerprint density at radius 2 is 1.61 bits per heavy atom. The van der Waals surface area contributed by atoms with Gasteiger partial charge in [0, 0.05) is 11.5 Å². The minimum Gasteiger partial charge on any atom is -0.497 e. The highest BCUT2D eigenvalue weighted by molar-refractivity contribution is 5.88. The Kier molecular flexibility index (Phi) is 3.89. The maximum absolute atomic E-state index is 12.8. The Morgan fingerprint density at radius 1 is 0.913 bits per heavy atom. The fourth-order valence-electron chi connectivity index (χ4n) is 2.41. The van der Waals surface area contributed by atoms with E-state index in [9.17, 15) is 4.79 Å². The molecule has 23 heavy (non-hydrogen) atoms. The standard InChI is InChI=1S/C17H16N2O4/c1-21-13-6-4-12(5-7-13)19-17(20)16-11(10-18-19)8-14(22-2)9-15(16)23-3/h4-10H,1-3H3. The van der Waals surface area contributed by atoms with Crippen LogP contribution in [-0.4, -0.2) is 31.1 Å². The first-order chi connectivity index (χ1) is 11.2. The maximum atomic E-state index is 12.8. The van der Waals surface area contributed by atoms with E-state index in [4.69, 9.17) is 14.2 Å². The van der Waals surface area contributed by atoms with Crippen molar-refractivity contribution in [2.24, 2.45) is 0 Å². The van der Waals surface area contributed by atoms with E-state index in [1.54, 1.807) is 56.8 Å². The zero-order chi connectivity index (χ0) is 16.4. The second kappa shape index (κ2) is 6.00. The van der Waals surface area contributed by atoms with Crippen LogP contribution in [0.15, 0.2) is 47.4 Å². The Labute approximate surface area is 132 Å². The lowest BCUT2D eigenvalue weighted by molar-refractivity contribution is 0.397. The van der Waals surface area contributed by atoms with Gasteiger partial charge in [-0.2, -0.15) is 9.78 Å². The molecule has 6 heteroatoms. The highest BCUT2D eigenvalue weighted by Gasteiger charge is 2.13. The number of benzene rings is 2. The van der Waals surface area contributed by atoms with E-state index in [1.165, 1.54) is 11.8 Å². The quantitative estimate of drug-likeness (QED) is 0.740. The van der Waals surface area contributed by atoms with Crippen LogP contribution in [0, 0.1) is 0 Å². The van der Waals surface area contributed by atoms with Crippen molar-refractivity contribution in [3.63, 3.8) is 0 Å². The molecule has 0 bridgehead atoms. The molecule has 0 aliphatic rings. The predicted molar refractivity (Wildman–Crippen MR) is 87.0 cm³/mol. The predicted octanol–water partition coefficient (Wildman–Crippen LogP) is 2.41. The number of hydrogen-bond acceptors (Lipinski definition) is 5. The number of rotatable bonds is 4. The Balaban J connectivity index is 2.23. The van der Waals surface area contributed by atoms with Crippen LogP contribution >= 0.6 is 0 Å². The lowest BCUT2D eigenvalue weighted by atomic mass is 10.1. The summed E-state index contributed by atoms with van der Waals surface area (Å²) in [6, 6.07) is 10.5. The Bertz CT molecular complexity index is 901. The fraction of sp³-hybridized carbons (Fsp3) is 0.176. The van der Waals surface area contributed by atoms with Crippen molar-refractivity contribution in [2.75, 3.05) is 21.3 Å². The first-order valence-electron chi connectivity index (χ1n) is 6.96. The number of nitrogens with zero attached hydrogens (tertiary/aromatic N) is 2. The molecule has 0 saturated heterocycles. The molecule has 0 aliphatic carbocycles. The molecular formula is C17H16N2O4. The van der Waals surface area contributed by atoms with Crippen LogP contribution in [0.25, 0.3) is 16.5 Å². The average molecular weight is 312 g/mol. The molecule has 3 aromatic rings. The summed E-state index contributed by atoms with van der Waals surface area (Å²) in [7, 11) is 4.67. The molecule has 0 radical (unpaired) electrons. The number of ether oxygens (including phenoxy) is 3. The molecule has 0 atom stereocenters. The molecule has 0 unspecified atom stereocenters. The van der Waals surface area contributed by atoms with E-state index in [-0.39, 0.29) is 5.56 Å². The van der Waals surface area contributed by atoms with Crippen LogP contribution in [0.5, 0.6) is 17.2 Å². The number of hydrogen-bond donors (Lipinski definition) is 0. The van der Waals surface area contributed by atoms with Gasteiger partial charge in [-0.15, -0.1) is 0 Å². The minimum atomic E-state index is -0.257. The fourth-order valence-corrected chi connectivity index (χ4v) is 2.41. The smallest absolute Gasteiger partial charge is 0.283 e. The molecule has 0 spiro atoms. The van der Waals surface area contributed by atoms with Crippen molar-refractivity contribution in [1.29, 1.82) is 0 Å². The van der Waals surface area contributed by atoms with Crippen molar-refractivity contribution >= 4 is 10.8 Å². The summed E-state index contributed by atoms with van der Waals surface area (Å²) in [5.41, 5.74) is 0.391. The van der Waals surface area contributed by atoms with Gasteiger partial charge >= 0.3 is 0 Å². The van der Waals surface area contributed by atoms with Crippen molar-refractivity contribution in [2.45, 2.75) is 0 Å². The van der Waals surface area contributed by atoms with Crippen LogP contribution in [0.3, 0.4) is 0 Å². The summed E-state index contributed by atoms with van der Waals surface area (Å²) in [6.07, 6.45) is 1.62. The largest absolute Gasteiger partial charge is 0.497 e. The number of methoxy groups -OCH3 is 3. The third-order valence-electron chi connectivity index (χ3n) is 3.60. The van der Waals surface area contributed by atoms with E-state index < -0.39 is 0 Å². The molecule has 0 aliphatic heterocycles. The van der Waals surface area contributed by atoms with Gasteiger partial charge in [0.15, 0.2) is 0 Å². The van der Waals surface area contributed by atoms with Gasteiger partial charge in [0.2, 0.25) is 0 Å². The zero-order valence-electron chi connectivity index (χ0n) is 13.1. The second-order valence-electron chi connectivity index (χ2n) is 4.85. The van der Waals surface area contributed by atoms with E-state index in [1.807, 2.05) is 0 Å². The molecule has 0 amide bonds. The molecular weight excluding hydrogens is 296 g/mol. The highest BCUT2D eigenvalue weighted by Crippen LogP contribution is 2.28. The molecule has 0 N–H and O–H groups in total. The van der Waals surface area contributed by atoms with Crippen LogP contribution < -0.4 is 19.8 Å². The zero-order valence-corrected chi connectivity index (χ0v) is 13.1. The minimum absolute atomic E-state index is 0.257. The van der Waals surface area contributed by atoms with E-state index in [0.717, 1.165) is 0 Å². The molecule has 0 fully saturated rings. The number of fused-ring (bicyclic) bond motifs is 1. The van der Waals surface area contributed by atoms with Gasteiger partial charge in [-0.1, -0.05) is 0 Å². The summed E-state index contributed by atoms with van der Waals surface area (Å²) < 4.78 is 17.0. The van der Waals surface area contributed by atoms with Crippen LogP contribution in [0.1, 0.15) is 0 Å². The normalized spacial score (nSPS) is 10.6. The number of aromatic nitrogens is 2. The molecule has 0 saturated carbocycles. The third-order valence-corrected chi connectivity index (χ3v) is 3.60. The SMILES string of the molecule is COc1ccc(-n2ncc3cc(OC)cc(OC)c3c2=O)cc1. The summed E-state index contributed by atoms with van der Waals surface area (Å²) in [5.74, 6) is 1.77. The first kappa shape index (κ1) is 14.9. The van der Waals surface area contributed by atoms with Gasteiger partial charge in [0.25, 0.3) is 5.56 Å². The Hall–Kier alpha value is -3.02. The first-order valence-corrected chi connectivity index (χ1v) is 6.96. The van der Waals surface area contributed by atoms with Crippen molar-refractivity contribution in [1.82, 2.24) is 9.78 Å². The van der Waals surface area contributed by atoms with E-state index in [0.29, 0.717) is 33.7 Å². The van der Waals surface area contributed by atoms with Gasteiger partial charge in [0.05, 0.1) is 38.6 Å². The molecule has 1 aromatic heterocycles. The molecule has 118 valence electrons.